The van der Waals surface area contributed by atoms with Crippen molar-refractivity contribution in [1.29, 1.82) is 0 Å². The average Bonchev–Trinajstić information content (AvgIpc) is 3.05. The molecule has 1 fully saturated rings. The third-order valence-corrected chi connectivity index (χ3v) is 7.44. The minimum Gasteiger partial charge on any atom is -0.453 e. The van der Waals surface area contributed by atoms with Crippen molar-refractivity contribution in [2.24, 2.45) is 0 Å². The zero-order valence-electron chi connectivity index (χ0n) is 23.3. The molecule has 4 aromatic rings. The minimum absolute atomic E-state index is 0.00880. The Morgan fingerprint density at radius 2 is 1.30 bits per heavy atom. The fraction of sp³-hybridized carbons (Fsp3) is 0.242. The van der Waals surface area contributed by atoms with Crippen LogP contribution in [0.4, 0.5) is 5.69 Å². The van der Waals surface area contributed by atoms with Gasteiger partial charge in [0.15, 0.2) is 12.4 Å². The fourth-order valence-corrected chi connectivity index (χ4v) is 5.26. The number of benzene rings is 4. The lowest BCUT2D eigenvalue weighted by Crippen LogP contribution is -2.60. The summed E-state index contributed by atoms with van der Waals surface area (Å²) in [7, 11) is 1.32. The molecule has 0 aromatic heterocycles. The lowest BCUT2D eigenvalue weighted by Gasteiger charge is -2.43. The molecule has 0 spiro atoms. The van der Waals surface area contributed by atoms with Gasteiger partial charge in [0.2, 0.25) is 0 Å². The molecular formula is C33H31NO9. The number of rotatable bonds is 10. The summed E-state index contributed by atoms with van der Waals surface area (Å²) in [6.45, 7) is -0.183. The Hall–Kier alpha value is -4.45. The second-order valence-corrected chi connectivity index (χ2v) is 10.0. The summed E-state index contributed by atoms with van der Waals surface area (Å²) < 4.78 is 23.5. The van der Waals surface area contributed by atoms with E-state index in [-0.39, 0.29) is 17.9 Å². The molecule has 1 saturated heterocycles. The first-order valence-electron chi connectivity index (χ1n) is 13.7. The van der Waals surface area contributed by atoms with Crippen molar-refractivity contribution in [2.45, 2.75) is 36.3 Å². The van der Waals surface area contributed by atoms with E-state index in [0.717, 1.165) is 16.7 Å². The van der Waals surface area contributed by atoms with E-state index in [1.165, 1.54) is 31.4 Å². The zero-order valence-corrected chi connectivity index (χ0v) is 23.3. The molecule has 0 saturated carbocycles. The summed E-state index contributed by atoms with van der Waals surface area (Å²) in [6, 6.07) is 33.7. The molecule has 10 nitrogen and oxygen atoms in total. The van der Waals surface area contributed by atoms with Crippen LogP contribution in [0.3, 0.4) is 0 Å². The third kappa shape index (κ3) is 6.19. The van der Waals surface area contributed by atoms with E-state index in [1.807, 2.05) is 91.0 Å². The van der Waals surface area contributed by atoms with Gasteiger partial charge in [-0.05, 0) is 28.8 Å². The predicted molar refractivity (Wildman–Crippen MR) is 155 cm³/mol. The van der Waals surface area contributed by atoms with Crippen LogP contribution in [0.5, 0.6) is 0 Å². The number of hydrogen-bond donors (Lipinski definition) is 2. The van der Waals surface area contributed by atoms with Gasteiger partial charge in [0.25, 0.3) is 5.69 Å². The van der Waals surface area contributed by atoms with Gasteiger partial charge in [-0.1, -0.05) is 91.0 Å². The van der Waals surface area contributed by atoms with Crippen molar-refractivity contribution in [3.8, 4) is 0 Å². The highest BCUT2D eigenvalue weighted by molar-refractivity contribution is 5.89. The van der Waals surface area contributed by atoms with Crippen molar-refractivity contribution < 1.29 is 38.9 Å². The van der Waals surface area contributed by atoms with E-state index in [9.17, 15) is 25.1 Å². The van der Waals surface area contributed by atoms with Gasteiger partial charge in [0.1, 0.15) is 23.9 Å². The molecule has 0 bridgehead atoms. The molecule has 1 aliphatic heterocycles. The summed E-state index contributed by atoms with van der Waals surface area (Å²) in [5, 5.41) is 33.2. The van der Waals surface area contributed by atoms with E-state index < -0.39 is 47.2 Å². The van der Waals surface area contributed by atoms with E-state index in [4.69, 9.17) is 18.9 Å². The predicted octanol–water partition coefficient (Wildman–Crippen LogP) is 4.22. The summed E-state index contributed by atoms with van der Waals surface area (Å²) >= 11 is 0. The molecule has 4 aromatic carbocycles. The van der Waals surface area contributed by atoms with Gasteiger partial charge in [-0.3, -0.25) is 10.1 Å². The van der Waals surface area contributed by atoms with Crippen LogP contribution in [0.15, 0.2) is 115 Å². The first-order valence-corrected chi connectivity index (χ1v) is 13.7. The standard InChI is InChI=1S/C33H31NO9/c1-40-32-29(36)30(43-31(37)22-17-19-26(20-18-22)34(38)39)28(35)27(42-32)21-41-33(23-11-5-2-6-12-23,24-13-7-3-8-14-24)25-15-9-4-10-16-25/h2-20,27-30,32,35-36H,21H2,1H3/t27-,28-,29-,30+,32+/m1/s1. The maximum absolute atomic E-state index is 12.9. The molecule has 1 heterocycles. The number of aliphatic hydroxyl groups excluding tert-OH is 2. The van der Waals surface area contributed by atoms with Crippen molar-refractivity contribution >= 4 is 11.7 Å². The molecule has 0 unspecified atom stereocenters. The van der Waals surface area contributed by atoms with Crippen LogP contribution >= 0.6 is 0 Å². The van der Waals surface area contributed by atoms with Crippen molar-refractivity contribution in [1.82, 2.24) is 0 Å². The number of non-ortho nitro benzene ring substituents is 1. The lowest BCUT2D eigenvalue weighted by molar-refractivity contribution is -0.384. The third-order valence-electron chi connectivity index (χ3n) is 7.44. The summed E-state index contributed by atoms with van der Waals surface area (Å²) in [5.74, 6) is -0.887. The average molecular weight is 586 g/mol. The molecule has 0 amide bonds. The number of ether oxygens (including phenoxy) is 4. The number of aliphatic hydroxyl groups is 2. The summed E-state index contributed by atoms with van der Waals surface area (Å²) in [6.07, 6.45) is -6.82. The van der Waals surface area contributed by atoms with Crippen LogP contribution in [0, 0.1) is 10.1 Å². The topological polar surface area (TPSA) is 138 Å². The number of nitro groups is 1. The largest absolute Gasteiger partial charge is 0.453 e. The van der Waals surface area contributed by atoms with Gasteiger partial charge in [0.05, 0.1) is 17.1 Å². The maximum atomic E-state index is 12.9. The fourth-order valence-electron chi connectivity index (χ4n) is 5.26. The monoisotopic (exact) mass is 585 g/mol. The summed E-state index contributed by atoms with van der Waals surface area (Å²) in [4.78, 5) is 23.3. The van der Waals surface area contributed by atoms with Crippen molar-refractivity contribution in [3.05, 3.63) is 148 Å². The van der Waals surface area contributed by atoms with Gasteiger partial charge in [-0.15, -0.1) is 0 Å². The van der Waals surface area contributed by atoms with Gasteiger partial charge in [0, 0.05) is 19.2 Å². The Labute approximate surface area is 248 Å². The van der Waals surface area contributed by atoms with Crippen molar-refractivity contribution in [3.63, 3.8) is 0 Å². The molecule has 0 aliphatic carbocycles. The Morgan fingerprint density at radius 1 is 0.814 bits per heavy atom. The molecule has 10 heteroatoms. The molecule has 222 valence electrons. The van der Waals surface area contributed by atoms with E-state index in [1.54, 1.807) is 0 Å². The van der Waals surface area contributed by atoms with E-state index in [0.29, 0.717) is 0 Å². The number of carbonyl (C=O) groups excluding carboxylic acids is 1. The molecule has 5 atom stereocenters. The molecular weight excluding hydrogens is 554 g/mol. The maximum Gasteiger partial charge on any atom is 0.338 e. The highest BCUT2D eigenvalue weighted by Crippen LogP contribution is 2.41. The minimum atomic E-state index is -1.53. The summed E-state index contributed by atoms with van der Waals surface area (Å²) in [5.41, 5.74) is 1.20. The number of esters is 1. The second-order valence-electron chi connectivity index (χ2n) is 10.0. The van der Waals surface area contributed by atoms with E-state index in [2.05, 4.69) is 0 Å². The Balaban J connectivity index is 1.45. The number of methoxy groups -OCH3 is 1. The highest BCUT2D eigenvalue weighted by atomic mass is 16.7. The smallest absolute Gasteiger partial charge is 0.338 e. The molecule has 2 N–H and O–H groups in total. The Morgan fingerprint density at radius 3 is 1.74 bits per heavy atom. The van der Waals surface area contributed by atoms with Crippen LogP contribution in [0.2, 0.25) is 0 Å². The van der Waals surface area contributed by atoms with Gasteiger partial charge >= 0.3 is 5.97 Å². The van der Waals surface area contributed by atoms with Crippen LogP contribution in [0.25, 0.3) is 0 Å². The Kier molecular flexibility index (Phi) is 9.24. The van der Waals surface area contributed by atoms with Gasteiger partial charge in [-0.25, -0.2) is 4.79 Å². The first-order chi connectivity index (χ1) is 20.8. The Bertz CT molecular complexity index is 1400. The SMILES string of the molecule is CO[C@H]1O[C@H](COC(c2ccccc2)(c2ccccc2)c2ccccc2)[C@@H](O)[C@H](OC(=O)c2ccc([N+](=O)[O-])cc2)[C@H]1O. The number of hydrogen-bond acceptors (Lipinski definition) is 9. The molecule has 5 rings (SSSR count). The van der Waals surface area contributed by atoms with Crippen LogP contribution in [-0.2, 0) is 24.5 Å². The second kappa shape index (κ2) is 13.2. The normalized spacial score (nSPS) is 22.1. The van der Waals surface area contributed by atoms with Crippen molar-refractivity contribution in [2.75, 3.05) is 13.7 Å². The molecule has 0 radical (unpaired) electrons. The number of nitro benzene ring substituents is 1. The zero-order chi connectivity index (χ0) is 30.4. The van der Waals surface area contributed by atoms with Crippen LogP contribution < -0.4 is 0 Å². The van der Waals surface area contributed by atoms with Crippen LogP contribution in [-0.4, -0.2) is 65.5 Å². The van der Waals surface area contributed by atoms with Gasteiger partial charge in [-0.2, -0.15) is 0 Å². The number of carbonyl (C=O) groups is 1. The van der Waals surface area contributed by atoms with Gasteiger partial charge < -0.3 is 29.2 Å². The number of nitrogens with zero attached hydrogens (tertiary/aromatic N) is 1. The highest BCUT2D eigenvalue weighted by Gasteiger charge is 2.49. The first kappa shape index (κ1) is 30.0. The van der Waals surface area contributed by atoms with Crippen LogP contribution in [0.1, 0.15) is 27.0 Å². The molecule has 1 aliphatic rings. The van der Waals surface area contributed by atoms with E-state index >= 15 is 0 Å². The lowest BCUT2D eigenvalue weighted by atomic mass is 9.80. The molecule has 43 heavy (non-hydrogen) atoms. The quantitative estimate of drug-likeness (QED) is 0.121.